The van der Waals surface area contributed by atoms with E-state index in [0.29, 0.717) is 35.5 Å². The molecule has 0 amide bonds. The van der Waals surface area contributed by atoms with E-state index in [1.165, 1.54) is 27.4 Å². The molecule has 0 fully saturated rings. The molecule has 59 heavy (non-hydrogen) atoms. The molecule has 0 unspecified atom stereocenters. The van der Waals surface area contributed by atoms with Gasteiger partial charge in [-0.15, -0.1) is 22.7 Å². The van der Waals surface area contributed by atoms with E-state index in [1.807, 2.05) is 77.8 Å². The Kier molecular flexibility index (Phi) is 28.1. The number of furan rings is 1. The van der Waals surface area contributed by atoms with E-state index < -0.39 is 0 Å². The number of pyridine rings is 2. The highest BCUT2D eigenvalue weighted by molar-refractivity contribution is 7.10. The van der Waals surface area contributed by atoms with E-state index in [0.717, 1.165) is 17.4 Å². The molecular weight excluding hydrogens is 759 g/mol. The quantitative estimate of drug-likeness (QED) is 0.161. The van der Waals surface area contributed by atoms with Crippen LogP contribution in [0.4, 0.5) is 0 Å². The summed E-state index contributed by atoms with van der Waals surface area (Å²) >= 11 is 3.55. The number of hydrogen-bond acceptors (Lipinski definition) is 6. The van der Waals surface area contributed by atoms with Crippen molar-refractivity contribution >= 4 is 22.7 Å². The third-order valence-electron chi connectivity index (χ3n) is 8.81. The van der Waals surface area contributed by atoms with E-state index >= 15 is 0 Å². The van der Waals surface area contributed by atoms with Crippen molar-refractivity contribution in [3.05, 3.63) is 183 Å². The molecule has 1 aromatic carbocycles. The summed E-state index contributed by atoms with van der Waals surface area (Å²) in [5.74, 6) is 5.42. The second-order valence-corrected chi connectivity index (χ2v) is 18.2. The van der Waals surface area contributed by atoms with Crippen molar-refractivity contribution < 1.29 is 4.42 Å². The lowest BCUT2D eigenvalue weighted by Crippen LogP contribution is -1.88. The molecule has 4 nitrogen and oxygen atoms in total. The summed E-state index contributed by atoms with van der Waals surface area (Å²) in [4.78, 5) is 13.8. The third kappa shape index (κ3) is 25.0. The van der Waals surface area contributed by atoms with Gasteiger partial charge in [-0.2, -0.15) is 0 Å². The Morgan fingerprint density at radius 3 is 1.47 bits per heavy atom. The minimum atomic E-state index is 0.519. The van der Waals surface area contributed by atoms with Crippen LogP contribution in [-0.4, -0.2) is 15.0 Å². The van der Waals surface area contributed by atoms with Crippen molar-refractivity contribution in [2.75, 3.05) is 0 Å². The highest BCUT2D eigenvalue weighted by atomic mass is 32.1. The van der Waals surface area contributed by atoms with Crippen LogP contribution < -0.4 is 0 Å². The lowest BCUT2D eigenvalue weighted by atomic mass is 10.0. The predicted molar refractivity (Wildman–Crippen MR) is 261 cm³/mol. The molecule has 0 bridgehead atoms. The zero-order valence-electron chi connectivity index (χ0n) is 38.7. The van der Waals surface area contributed by atoms with Crippen LogP contribution in [0, 0.1) is 5.92 Å². The number of thiophene rings is 1. The smallest absolute Gasteiger partial charge is 0.106 e. The topological polar surface area (TPSA) is 51.8 Å². The van der Waals surface area contributed by atoms with E-state index in [9.17, 15) is 0 Å². The van der Waals surface area contributed by atoms with Gasteiger partial charge in [-0.05, 0) is 88.9 Å². The maximum absolute atomic E-state index is 5.09. The summed E-state index contributed by atoms with van der Waals surface area (Å²) < 4.78 is 5.09. The average molecular weight is 834 g/mol. The maximum Gasteiger partial charge on any atom is 0.106 e. The van der Waals surface area contributed by atoms with E-state index in [-0.39, 0.29) is 0 Å². The van der Waals surface area contributed by atoms with Gasteiger partial charge < -0.3 is 4.42 Å². The lowest BCUT2D eigenvalue weighted by molar-refractivity contribution is 0.487. The van der Waals surface area contributed by atoms with E-state index in [2.05, 4.69) is 178 Å². The third-order valence-corrected chi connectivity index (χ3v) is 11.1. The van der Waals surface area contributed by atoms with E-state index in [4.69, 9.17) is 4.42 Å². The van der Waals surface area contributed by atoms with Gasteiger partial charge in [0.1, 0.15) is 5.76 Å². The molecule has 1 aliphatic rings. The molecule has 0 saturated carbocycles. The fraction of sp³-hybridized carbons (Fsp3) is 0.415. The SMILES string of the molecule is CC(C)C1=CC=CC1.CC(C)c1ccccc1.CC(C)c1ccccn1.CC(C)c1cccnc1.CC(C)c1ccco1.CC(C)c1cccs1.CC(C)c1nccs1. The fourth-order valence-corrected chi connectivity index (χ4v) is 6.32. The second kappa shape index (κ2) is 31.5. The molecule has 1 aliphatic carbocycles. The monoisotopic (exact) mass is 834 g/mol. The van der Waals surface area contributed by atoms with Crippen molar-refractivity contribution in [1.29, 1.82) is 0 Å². The predicted octanol–water partition coefficient (Wildman–Crippen LogP) is 17.3. The second-order valence-electron chi connectivity index (χ2n) is 16.3. The molecule has 0 radical (unpaired) electrons. The van der Waals surface area contributed by atoms with Gasteiger partial charge in [0.05, 0.1) is 11.3 Å². The number of rotatable bonds is 7. The van der Waals surface area contributed by atoms with Crippen molar-refractivity contribution in [3.63, 3.8) is 0 Å². The van der Waals surface area contributed by atoms with Gasteiger partial charge in [0.25, 0.3) is 0 Å². The van der Waals surface area contributed by atoms with Gasteiger partial charge in [-0.3, -0.25) is 9.97 Å². The zero-order chi connectivity index (χ0) is 44.0. The van der Waals surface area contributed by atoms with Crippen LogP contribution in [0.25, 0.3) is 0 Å². The van der Waals surface area contributed by atoms with Crippen molar-refractivity contribution in [1.82, 2.24) is 15.0 Å². The number of hydrogen-bond donors (Lipinski definition) is 0. The van der Waals surface area contributed by atoms with Crippen LogP contribution in [0.1, 0.15) is 171 Å². The summed E-state index contributed by atoms with van der Waals surface area (Å²) in [6.45, 7) is 30.4. The first-order valence-corrected chi connectivity index (χ1v) is 23.1. The normalized spacial score (nSPS) is 11.2. The number of thiazole rings is 1. The minimum absolute atomic E-state index is 0.519. The summed E-state index contributed by atoms with van der Waals surface area (Å²) in [6.07, 6.45) is 16.8. The molecule has 5 heterocycles. The summed E-state index contributed by atoms with van der Waals surface area (Å²) in [5, 5.41) is 5.36. The Morgan fingerprint density at radius 2 is 1.19 bits per heavy atom. The maximum atomic E-state index is 5.09. The van der Waals surface area contributed by atoms with Gasteiger partial charge in [0.15, 0.2) is 0 Å². The molecule has 6 heteroatoms. The van der Waals surface area contributed by atoms with Crippen LogP contribution in [0.3, 0.4) is 0 Å². The Bertz CT molecular complexity index is 1650. The van der Waals surface area contributed by atoms with Gasteiger partial charge in [0.2, 0.25) is 0 Å². The molecule has 7 rings (SSSR count). The molecule has 0 saturated heterocycles. The van der Waals surface area contributed by atoms with Gasteiger partial charge in [-0.1, -0.05) is 169 Å². The minimum Gasteiger partial charge on any atom is -0.469 e. The molecular formula is C53H75N3OS2. The van der Waals surface area contributed by atoms with Gasteiger partial charge >= 0.3 is 0 Å². The largest absolute Gasteiger partial charge is 0.469 e. The molecule has 0 N–H and O–H groups in total. The molecule has 0 atom stereocenters. The Labute approximate surface area is 368 Å². The fourth-order valence-electron chi connectivity index (χ4n) is 4.92. The number of nitrogens with zero attached hydrogens (tertiary/aromatic N) is 3. The summed E-state index contributed by atoms with van der Waals surface area (Å²) in [6, 6.07) is 28.8. The first-order valence-electron chi connectivity index (χ1n) is 21.3. The van der Waals surface area contributed by atoms with E-state index in [1.54, 1.807) is 29.4 Å². The molecule has 5 aromatic heterocycles. The van der Waals surface area contributed by atoms with Gasteiger partial charge in [0, 0.05) is 52.6 Å². The Hall–Kier alpha value is -4.39. The van der Waals surface area contributed by atoms with Gasteiger partial charge in [-0.25, -0.2) is 4.98 Å². The Morgan fingerprint density at radius 1 is 0.508 bits per heavy atom. The standard InChI is InChI=1S/C9H12.2C8H11N.C8H12.C7H10O.C7H10S.C6H9NS/c1-8(2)9-6-4-3-5-7-9;1-7(2)8-4-3-5-9-6-8;1-7(2)8-5-3-4-6-9-8;1-7(2)8-5-3-4-6-8;2*1-6(2)7-4-3-5-8-7;1-5(2)6-7-3-4-8-6/h3-8H,1-2H3;2*3-7H,1-2H3;3-5,7H,6H2,1-2H3;2*3-6H,1-2H3;3-5H,1-2H3. The van der Waals surface area contributed by atoms with Crippen LogP contribution >= 0.6 is 22.7 Å². The highest BCUT2D eigenvalue weighted by Crippen LogP contribution is 2.20. The molecule has 0 aliphatic heterocycles. The number of aromatic nitrogens is 3. The number of allylic oxidation sites excluding steroid dienone is 4. The van der Waals surface area contributed by atoms with Crippen LogP contribution in [0.2, 0.25) is 0 Å². The van der Waals surface area contributed by atoms with Crippen LogP contribution in [0.5, 0.6) is 0 Å². The number of benzene rings is 1. The van der Waals surface area contributed by atoms with Crippen LogP contribution in [0.15, 0.2) is 155 Å². The molecule has 0 spiro atoms. The zero-order valence-corrected chi connectivity index (χ0v) is 40.3. The van der Waals surface area contributed by atoms with Crippen LogP contribution in [-0.2, 0) is 0 Å². The Balaban J connectivity index is 0.000000344. The first-order chi connectivity index (χ1) is 28.1. The van der Waals surface area contributed by atoms with Crippen molar-refractivity contribution in [2.45, 2.75) is 139 Å². The summed E-state index contributed by atoms with van der Waals surface area (Å²) in [7, 11) is 0. The van der Waals surface area contributed by atoms with Crippen molar-refractivity contribution in [3.8, 4) is 0 Å². The average Bonchev–Trinajstić information content (AvgIpc) is 4.09. The summed E-state index contributed by atoms with van der Waals surface area (Å²) in [5.41, 5.74) is 5.44. The first kappa shape index (κ1) is 52.6. The molecule has 320 valence electrons. The lowest BCUT2D eigenvalue weighted by Gasteiger charge is -2.02. The highest BCUT2D eigenvalue weighted by Gasteiger charge is 2.02. The molecule has 6 aromatic rings. The van der Waals surface area contributed by atoms with Crippen molar-refractivity contribution in [2.24, 2.45) is 5.92 Å².